The van der Waals surface area contributed by atoms with Crippen molar-refractivity contribution in [3.05, 3.63) is 40.7 Å². The van der Waals surface area contributed by atoms with Crippen molar-refractivity contribution in [3.63, 3.8) is 0 Å². The summed E-state index contributed by atoms with van der Waals surface area (Å²) in [6.07, 6.45) is 2.79. The van der Waals surface area contributed by atoms with E-state index in [1.165, 1.54) is 0 Å². The maximum absolute atomic E-state index is 12.1. The van der Waals surface area contributed by atoms with Crippen LogP contribution < -0.4 is 5.32 Å². The topological polar surface area (TPSA) is 75.9 Å². The first-order chi connectivity index (χ1) is 13.4. The Balaban J connectivity index is 1.87. The number of carbonyl (C=O) groups is 1. The molecule has 0 bridgehead atoms. The molecule has 0 saturated carbocycles. The Hall–Kier alpha value is -1.99. The second kappa shape index (κ2) is 9.01. The fourth-order valence-corrected chi connectivity index (χ4v) is 3.81. The summed E-state index contributed by atoms with van der Waals surface area (Å²) in [4.78, 5) is 14.0. The van der Waals surface area contributed by atoms with Gasteiger partial charge in [-0.25, -0.2) is 4.68 Å². The van der Waals surface area contributed by atoms with E-state index in [9.17, 15) is 4.79 Å². The normalized spacial score (nSPS) is 20.0. The highest BCUT2D eigenvalue weighted by Gasteiger charge is 2.42. The highest BCUT2D eigenvalue weighted by Crippen LogP contribution is 2.31. The van der Waals surface area contributed by atoms with Crippen LogP contribution in [0, 0.1) is 5.92 Å². The molecule has 1 aromatic heterocycles. The minimum atomic E-state index is -0.468. The smallest absolute Gasteiger partial charge is 0.219 e. The molecule has 1 fully saturated rings. The maximum Gasteiger partial charge on any atom is 0.219 e. The molecule has 0 spiro atoms. The van der Waals surface area contributed by atoms with Gasteiger partial charge in [0.25, 0.3) is 0 Å². The van der Waals surface area contributed by atoms with Crippen LogP contribution in [0.4, 0.5) is 0 Å². The zero-order valence-electron chi connectivity index (χ0n) is 16.9. The van der Waals surface area contributed by atoms with Crippen LogP contribution in [0.5, 0.6) is 0 Å². The van der Waals surface area contributed by atoms with Crippen molar-refractivity contribution in [2.24, 2.45) is 5.92 Å². The van der Waals surface area contributed by atoms with Crippen LogP contribution in [-0.2, 0) is 23.4 Å². The van der Waals surface area contributed by atoms with Gasteiger partial charge >= 0.3 is 0 Å². The summed E-state index contributed by atoms with van der Waals surface area (Å²) in [5.74, 6) is 1.46. The molecular weight excluding hydrogens is 376 g/mol. The number of likely N-dealkylation sites (tertiary alicyclic amines) is 1. The van der Waals surface area contributed by atoms with Crippen LogP contribution in [0.2, 0.25) is 5.02 Å². The Morgan fingerprint density at radius 3 is 2.75 bits per heavy atom. The molecule has 1 amide bonds. The van der Waals surface area contributed by atoms with Crippen LogP contribution in [0.15, 0.2) is 24.3 Å². The van der Waals surface area contributed by atoms with Gasteiger partial charge in [-0.3, -0.25) is 10.1 Å². The molecule has 8 heteroatoms. The predicted molar refractivity (Wildman–Crippen MR) is 109 cm³/mol. The van der Waals surface area contributed by atoms with Gasteiger partial charge in [0.05, 0.1) is 5.54 Å². The molecule has 1 saturated heterocycles. The number of aromatic nitrogens is 4. The summed E-state index contributed by atoms with van der Waals surface area (Å²) >= 11 is 6.01. The summed E-state index contributed by atoms with van der Waals surface area (Å²) in [5, 5.41) is 17.0. The number of amides is 1. The first kappa shape index (κ1) is 20.7. The number of hydrogen-bond acceptors (Lipinski definition) is 5. The summed E-state index contributed by atoms with van der Waals surface area (Å²) < 4.78 is 1.90. The minimum Gasteiger partial charge on any atom is -0.341 e. The van der Waals surface area contributed by atoms with Gasteiger partial charge in [-0.1, -0.05) is 37.6 Å². The van der Waals surface area contributed by atoms with E-state index in [1.807, 2.05) is 33.8 Å². The second-order valence-electron chi connectivity index (χ2n) is 8.01. The monoisotopic (exact) mass is 404 g/mol. The average molecular weight is 405 g/mol. The third-order valence-electron chi connectivity index (χ3n) is 5.36. The van der Waals surface area contributed by atoms with Crippen LogP contribution in [-0.4, -0.2) is 44.1 Å². The fraction of sp³-hybridized carbons (Fsp3) is 0.600. The number of carbonyl (C=O) groups excluding carboxylic acids is 1. The molecule has 0 radical (unpaired) electrons. The van der Waals surface area contributed by atoms with E-state index < -0.39 is 5.54 Å². The number of benzene rings is 1. The van der Waals surface area contributed by atoms with Crippen molar-refractivity contribution in [1.29, 1.82) is 0 Å². The van der Waals surface area contributed by atoms with Crippen molar-refractivity contribution in [2.75, 3.05) is 13.1 Å². The molecule has 7 nitrogen and oxygen atoms in total. The quantitative estimate of drug-likeness (QED) is 0.767. The lowest BCUT2D eigenvalue weighted by Gasteiger charge is -2.42. The number of piperidine rings is 1. The van der Waals surface area contributed by atoms with Crippen LogP contribution >= 0.6 is 11.6 Å². The Bertz CT molecular complexity index is 790. The highest BCUT2D eigenvalue weighted by atomic mass is 35.5. The van der Waals surface area contributed by atoms with Crippen molar-refractivity contribution in [1.82, 2.24) is 30.4 Å². The number of tetrazole rings is 1. The number of hydrogen-bond donors (Lipinski definition) is 1. The average Bonchev–Trinajstić information content (AvgIpc) is 3.15. The Morgan fingerprint density at radius 1 is 1.32 bits per heavy atom. The van der Waals surface area contributed by atoms with Crippen LogP contribution in [0.25, 0.3) is 0 Å². The molecule has 28 heavy (non-hydrogen) atoms. The lowest BCUT2D eigenvalue weighted by atomic mass is 9.87. The summed E-state index contributed by atoms with van der Waals surface area (Å²) in [6, 6.07) is 7.80. The Kier molecular flexibility index (Phi) is 6.67. The van der Waals surface area contributed by atoms with Crippen molar-refractivity contribution < 1.29 is 4.79 Å². The third-order valence-corrected chi connectivity index (χ3v) is 5.61. The molecule has 1 atom stereocenters. The second-order valence-corrected chi connectivity index (χ2v) is 8.45. The van der Waals surface area contributed by atoms with Crippen molar-refractivity contribution in [2.45, 2.75) is 58.7 Å². The zero-order chi connectivity index (χ0) is 20.1. The van der Waals surface area contributed by atoms with Gasteiger partial charge in [-0.2, -0.15) is 0 Å². The van der Waals surface area contributed by atoms with E-state index >= 15 is 0 Å². The Morgan fingerprint density at radius 2 is 2.07 bits per heavy atom. The first-order valence-electron chi connectivity index (χ1n) is 9.91. The van der Waals surface area contributed by atoms with Gasteiger partial charge in [-0.15, -0.1) is 5.10 Å². The largest absolute Gasteiger partial charge is 0.341 e. The van der Waals surface area contributed by atoms with E-state index in [2.05, 4.69) is 34.7 Å². The number of nitrogens with zero attached hydrogens (tertiary/aromatic N) is 5. The van der Waals surface area contributed by atoms with Gasteiger partial charge in [-0.05, 0) is 53.3 Å². The third kappa shape index (κ3) is 4.89. The zero-order valence-corrected chi connectivity index (χ0v) is 17.6. The molecule has 1 aromatic carbocycles. The van der Waals surface area contributed by atoms with Gasteiger partial charge in [0.15, 0.2) is 5.82 Å². The molecule has 1 aliphatic rings. The van der Waals surface area contributed by atoms with Crippen molar-refractivity contribution >= 4 is 17.5 Å². The number of halogens is 1. The first-order valence-corrected chi connectivity index (χ1v) is 10.3. The van der Waals surface area contributed by atoms with E-state index in [0.717, 1.165) is 48.8 Å². The fourth-order valence-electron chi connectivity index (χ4n) is 3.68. The number of rotatable bonds is 7. The van der Waals surface area contributed by atoms with Crippen LogP contribution in [0.3, 0.4) is 0 Å². The number of aryl methyl sites for hydroxylation is 1. The van der Waals surface area contributed by atoms with Gasteiger partial charge in [0, 0.05) is 38.1 Å². The SMILES string of the molecule is CC(=O)N1CCCC(NCc2ccc(Cl)cc2)(c2nnnn2CCC(C)C)C1. The maximum atomic E-state index is 12.1. The van der Waals surface area contributed by atoms with Crippen molar-refractivity contribution in [3.8, 4) is 0 Å². The summed E-state index contributed by atoms with van der Waals surface area (Å²) in [7, 11) is 0. The number of nitrogens with one attached hydrogen (secondary N) is 1. The van der Waals surface area contributed by atoms with E-state index in [-0.39, 0.29) is 5.91 Å². The highest BCUT2D eigenvalue weighted by molar-refractivity contribution is 6.30. The van der Waals surface area contributed by atoms with E-state index in [1.54, 1.807) is 6.92 Å². The molecular formula is C20H29ClN6O. The molecule has 1 N–H and O–H groups in total. The van der Waals surface area contributed by atoms with Gasteiger partial charge in [0.1, 0.15) is 0 Å². The van der Waals surface area contributed by atoms with E-state index in [0.29, 0.717) is 19.0 Å². The predicted octanol–water partition coefficient (Wildman–Crippen LogP) is 3.00. The van der Waals surface area contributed by atoms with Gasteiger partial charge in [0.2, 0.25) is 5.91 Å². The standard InChI is InChI=1S/C20H29ClN6O/c1-15(2)9-12-27-19(23-24-25-27)20(10-4-11-26(14-20)16(3)28)22-13-17-5-7-18(21)8-6-17/h5-8,15,22H,4,9-14H2,1-3H3. The molecule has 2 heterocycles. The molecule has 1 aliphatic heterocycles. The summed E-state index contributed by atoms with van der Waals surface area (Å²) in [6.45, 7) is 8.76. The van der Waals surface area contributed by atoms with Gasteiger partial charge < -0.3 is 4.90 Å². The minimum absolute atomic E-state index is 0.0820. The Labute approximate surface area is 171 Å². The molecule has 1 unspecified atom stereocenters. The lowest BCUT2D eigenvalue weighted by Crippen LogP contribution is -2.56. The lowest BCUT2D eigenvalue weighted by molar-refractivity contribution is -0.131. The molecule has 3 rings (SSSR count). The molecule has 0 aliphatic carbocycles. The summed E-state index contributed by atoms with van der Waals surface area (Å²) in [5.41, 5.74) is 0.661. The van der Waals surface area contributed by atoms with E-state index in [4.69, 9.17) is 11.6 Å². The molecule has 152 valence electrons. The molecule has 2 aromatic rings. The van der Waals surface area contributed by atoms with Crippen LogP contribution in [0.1, 0.15) is 51.4 Å².